The molecule has 0 spiro atoms. The lowest BCUT2D eigenvalue weighted by atomic mass is 10.0. The van der Waals surface area contributed by atoms with Crippen LogP contribution in [0.2, 0.25) is 0 Å². The smallest absolute Gasteiger partial charge is 0.0132 e. The highest BCUT2D eigenvalue weighted by Gasteiger charge is 2.07. The predicted molar refractivity (Wildman–Crippen MR) is 47.6 cm³/mol. The highest BCUT2D eigenvalue weighted by atomic mass is 127. The van der Waals surface area contributed by atoms with Crippen molar-refractivity contribution in [2.75, 3.05) is 0 Å². The van der Waals surface area contributed by atoms with E-state index in [-0.39, 0.29) is 0 Å². The predicted octanol–water partition coefficient (Wildman–Crippen LogP) is 3.25. The van der Waals surface area contributed by atoms with Gasteiger partial charge >= 0.3 is 0 Å². The van der Waals surface area contributed by atoms with E-state index in [0.29, 0.717) is 0 Å². The minimum Gasteiger partial charge on any atom is -0.0823 e. The first-order valence-electron chi connectivity index (χ1n) is 3.36. The summed E-state index contributed by atoms with van der Waals surface area (Å²) in [4.78, 5) is 0. The maximum atomic E-state index is 2.53. The van der Waals surface area contributed by atoms with Crippen LogP contribution in [0, 0.1) is 5.92 Å². The number of hydrogen-bond acceptors (Lipinski definition) is 0. The summed E-state index contributed by atoms with van der Waals surface area (Å²) in [5, 5.41) is 0. The molecule has 0 nitrogen and oxygen atoms in total. The maximum Gasteiger partial charge on any atom is 0.0132 e. The Morgan fingerprint density at radius 2 is 1.75 bits per heavy atom. The number of alkyl halides is 1. The summed E-state index contributed by atoms with van der Waals surface area (Å²) in [5.41, 5.74) is 0. The summed E-state index contributed by atoms with van der Waals surface area (Å²) in [6.07, 6.45) is 2.64. The number of rotatable bonds is 3. The van der Waals surface area contributed by atoms with Gasteiger partial charge in [-0.05, 0) is 12.3 Å². The molecule has 0 bridgehead atoms. The van der Waals surface area contributed by atoms with Crippen LogP contribution in [0.1, 0.15) is 33.6 Å². The molecule has 2 unspecified atom stereocenters. The van der Waals surface area contributed by atoms with Gasteiger partial charge in [0.2, 0.25) is 0 Å². The quantitative estimate of drug-likeness (QED) is 0.511. The molecule has 0 radical (unpaired) electrons. The SMILES string of the molecule is CCC(C)C(I)CC. The van der Waals surface area contributed by atoms with Crippen molar-refractivity contribution >= 4 is 22.6 Å². The first-order chi connectivity index (χ1) is 3.72. The van der Waals surface area contributed by atoms with Crippen molar-refractivity contribution in [1.29, 1.82) is 0 Å². The monoisotopic (exact) mass is 226 g/mol. The Morgan fingerprint density at radius 3 is 1.88 bits per heavy atom. The lowest BCUT2D eigenvalue weighted by Crippen LogP contribution is -2.07. The van der Waals surface area contributed by atoms with Gasteiger partial charge in [-0.1, -0.05) is 49.8 Å². The number of halogens is 1. The van der Waals surface area contributed by atoms with Crippen molar-refractivity contribution in [2.24, 2.45) is 5.92 Å². The zero-order valence-corrected chi connectivity index (χ0v) is 8.10. The Kier molecular flexibility index (Phi) is 5.01. The largest absolute Gasteiger partial charge is 0.0823 e. The van der Waals surface area contributed by atoms with Gasteiger partial charge in [-0.3, -0.25) is 0 Å². The molecule has 0 fully saturated rings. The second-order valence-electron chi connectivity index (χ2n) is 2.31. The first-order valence-corrected chi connectivity index (χ1v) is 4.61. The Bertz CT molecular complexity index is 44.3. The van der Waals surface area contributed by atoms with Crippen molar-refractivity contribution in [3.05, 3.63) is 0 Å². The molecule has 0 saturated carbocycles. The first kappa shape index (κ1) is 8.73. The lowest BCUT2D eigenvalue weighted by Gasteiger charge is -2.12. The van der Waals surface area contributed by atoms with Crippen molar-refractivity contribution in [3.8, 4) is 0 Å². The van der Waals surface area contributed by atoms with Gasteiger partial charge in [-0.25, -0.2) is 0 Å². The standard InChI is InChI=1S/C7H15I/c1-4-6(3)7(8)5-2/h6-7H,4-5H2,1-3H3. The summed E-state index contributed by atoms with van der Waals surface area (Å²) in [5.74, 6) is 0.903. The van der Waals surface area contributed by atoms with Crippen molar-refractivity contribution in [2.45, 2.75) is 37.5 Å². The molecule has 0 aliphatic carbocycles. The molecule has 2 atom stereocenters. The third kappa shape index (κ3) is 2.90. The van der Waals surface area contributed by atoms with E-state index in [9.17, 15) is 0 Å². The van der Waals surface area contributed by atoms with Crippen LogP contribution in [0.25, 0.3) is 0 Å². The zero-order valence-electron chi connectivity index (χ0n) is 5.95. The van der Waals surface area contributed by atoms with Gasteiger partial charge in [0.1, 0.15) is 0 Å². The minimum absolute atomic E-state index is 0.887. The van der Waals surface area contributed by atoms with Crippen LogP contribution >= 0.6 is 22.6 Å². The zero-order chi connectivity index (χ0) is 6.57. The molecule has 0 aromatic rings. The van der Waals surface area contributed by atoms with Gasteiger partial charge in [0.05, 0.1) is 0 Å². The molecule has 0 N–H and O–H groups in total. The highest BCUT2D eigenvalue weighted by Crippen LogP contribution is 2.18. The summed E-state index contributed by atoms with van der Waals surface area (Å²) in [6.45, 7) is 6.83. The number of hydrogen-bond donors (Lipinski definition) is 0. The molecule has 0 heterocycles. The van der Waals surface area contributed by atoms with Crippen LogP contribution in [-0.2, 0) is 0 Å². The molecule has 8 heavy (non-hydrogen) atoms. The van der Waals surface area contributed by atoms with E-state index in [1.807, 2.05) is 0 Å². The lowest BCUT2D eigenvalue weighted by molar-refractivity contribution is 0.539. The fourth-order valence-corrected chi connectivity index (χ4v) is 1.17. The van der Waals surface area contributed by atoms with Crippen molar-refractivity contribution in [1.82, 2.24) is 0 Å². The van der Waals surface area contributed by atoms with Crippen LogP contribution < -0.4 is 0 Å². The Balaban J connectivity index is 3.29. The van der Waals surface area contributed by atoms with Crippen LogP contribution in [-0.4, -0.2) is 3.92 Å². The molecular weight excluding hydrogens is 211 g/mol. The van der Waals surface area contributed by atoms with Gasteiger partial charge < -0.3 is 0 Å². The molecule has 1 heteroatoms. The van der Waals surface area contributed by atoms with Gasteiger partial charge in [0.25, 0.3) is 0 Å². The van der Waals surface area contributed by atoms with E-state index in [2.05, 4.69) is 43.4 Å². The average molecular weight is 226 g/mol. The normalized spacial score (nSPS) is 18.0. The molecule has 0 aromatic carbocycles. The van der Waals surface area contributed by atoms with E-state index in [1.165, 1.54) is 12.8 Å². The van der Waals surface area contributed by atoms with E-state index >= 15 is 0 Å². The second-order valence-corrected chi connectivity index (χ2v) is 3.91. The topological polar surface area (TPSA) is 0 Å². The molecule has 0 rings (SSSR count). The third-order valence-electron chi connectivity index (χ3n) is 1.65. The molecule has 0 aromatic heterocycles. The Morgan fingerprint density at radius 1 is 1.25 bits per heavy atom. The second kappa shape index (κ2) is 4.59. The fraction of sp³-hybridized carbons (Fsp3) is 1.00. The summed E-state index contributed by atoms with van der Waals surface area (Å²) >= 11 is 2.53. The minimum atomic E-state index is 0.887. The van der Waals surface area contributed by atoms with Crippen molar-refractivity contribution in [3.63, 3.8) is 0 Å². The van der Waals surface area contributed by atoms with E-state index in [0.717, 1.165) is 9.84 Å². The van der Waals surface area contributed by atoms with Crippen LogP contribution in [0.3, 0.4) is 0 Å². The third-order valence-corrected chi connectivity index (χ3v) is 3.76. The van der Waals surface area contributed by atoms with Crippen molar-refractivity contribution < 1.29 is 0 Å². The average Bonchev–Trinajstić information content (AvgIpc) is 1.84. The Hall–Kier alpha value is 0.730. The molecular formula is C7H15I. The van der Waals surface area contributed by atoms with E-state index < -0.39 is 0 Å². The Labute approximate surface area is 66.2 Å². The van der Waals surface area contributed by atoms with E-state index in [1.54, 1.807) is 0 Å². The molecule has 0 saturated heterocycles. The van der Waals surface area contributed by atoms with Crippen LogP contribution in [0.5, 0.6) is 0 Å². The molecule has 0 aliphatic rings. The molecule has 0 amide bonds. The van der Waals surface area contributed by atoms with E-state index in [4.69, 9.17) is 0 Å². The van der Waals surface area contributed by atoms with Gasteiger partial charge in [-0.2, -0.15) is 0 Å². The summed E-state index contributed by atoms with van der Waals surface area (Å²) < 4.78 is 0.887. The fourth-order valence-electron chi connectivity index (χ4n) is 0.658. The summed E-state index contributed by atoms with van der Waals surface area (Å²) in [6, 6.07) is 0. The molecule has 0 aliphatic heterocycles. The highest BCUT2D eigenvalue weighted by molar-refractivity contribution is 14.1. The maximum absolute atomic E-state index is 2.53. The van der Waals surface area contributed by atoms with Gasteiger partial charge in [0.15, 0.2) is 0 Å². The van der Waals surface area contributed by atoms with Crippen LogP contribution in [0.15, 0.2) is 0 Å². The van der Waals surface area contributed by atoms with Gasteiger partial charge in [0, 0.05) is 3.92 Å². The molecule has 50 valence electrons. The van der Waals surface area contributed by atoms with Gasteiger partial charge in [-0.15, -0.1) is 0 Å². The summed E-state index contributed by atoms with van der Waals surface area (Å²) in [7, 11) is 0. The van der Waals surface area contributed by atoms with Crippen LogP contribution in [0.4, 0.5) is 0 Å².